The maximum atomic E-state index is 12.3. The number of anilines is 1. The number of rotatable bonds is 7. The number of methoxy groups -OCH3 is 1. The average Bonchev–Trinajstić information content (AvgIpc) is 2.99. The molecule has 2 unspecified atom stereocenters. The van der Waals surface area contributed by atoms with Crippen LogP contribution in [0.1, 0.15) is 18.5 Å². The number of nitrogens with zero attached hydrogens (tertiary/aromatic N) is 2. The summed E-state index contributed by atoms with van der Waals surface area (Å²) < 4.78 is 6.71. The van der Waals surface area contributed by atoms with Gasteiger partial charge in [0.2, 0.25) is 5.91 Å². The van der Waals surface area contributed by atoms with E-state index in [1.807, 2.05) is 37.3 Å². The summed E-state index contributed by atoms with van der Waals surface area (Å²) in [5, 5.41) is 7.01. The van der Waals surface area contributed by atoms with Crippen LogP contribution >= 0.6 is 0 Å². The van der Waals surface area contributed by atoms with E-state index in [0.717, 1.165) is 5.56 Å². The number of ether oxygens (including phenoxy) is 1. The summed E-state index contributed by atoms with van der Waals surface area (Å²) in [4.78, 5) is 12.3. The maximum Gasteiger partial charge on any atom is 0.229 e. The van der Waals surface area contributed by atoms with Gasteiger partial charge in [0.15, 0.2) is 0 Å². The molecule has 118 valence electrons. The Labute approximate surface area is 130 Å². The molecule has 1 aromatic carbocycles. The lowest BCUT2D eigenvalue weighted by molar-refractivity contribution is -0.120. The van der Waals surface area contributed by atoms with Gasteiger partial charge in [-0.3, -0.25) is 9.48 Å². The zero-order valence-corrected chi connectivity index (χ0v) is 12.9. The molecule has 1 amide bonds. The highest BCUT2D eigenvalue weighted by Gasteiger charge is 2.22. The highest BCUT2D eigenvalue weighted by Crippen LogP contribution is 2.20. The topological polar surface area (TPSA) is 82.2 Å². The third kappa shape index (κ3) is 4.16. The Morgan fingerprint density at radius 1 is 1.41 bits per heavy atom. The fourth-order valence-electron chi connectivity index (χ4n) is 2.12. The van der Waals surface area contributed by atoms with E-state index in [4.69, 9.17) is 10.5 Å². The van der Waals surface area contributed by atoms with Crippen molar-refractivity contribution in [3.8, 4) is 0 Å². The maximum absolute atomic E-state index is 12.3. The molecule has 0 saturated carbocycles. The van der Waals surface area contributed by atoms with Crippen LogP contribution in [0.15, 0.2) is 42.7 Å². The minimum Gasteiger partial charge on any atom is -0.383 e. The molecule has 0 radical (unpaired) electrons. The van der Waals surface area contributed by atoms with E-state index in [0.29, 0.717) is 18.8 Å². The molecule has 0 saturated heterocycles. The van der Waals surface area contributed by atoms with E-state index < -0.39 is 0 Å². The van der Waals surface area contributed by atoms with Gasteiger partial charge in [0.05, 0.1) is 31.0 Å². The number of aromatic nitrogens is 2. The van der Waals surface area contributed by atoms with Crippen molar-refractivity contribution < 1.29 is 9.53 Å². The molecule has 0 fully saturated rings. The molecule has 22 heavy (non-hydrogen) atoms. The van der Waals surface area contributed by atoms with Gasteiger partial charge >= 0.3 is 0 Å². The summed E-state index contributed by atoms with van der Waals surface area (Å²) in [5.41, 5.74) is 7.77. The van der Waals surface area contributed by atoms with Crippen molar-refractivity contribution >= 4 is 11.6 Å². The number of hydrogen-bond donors (Lipinski definition) is 2. The highest BCUT2D eigenvalue weighted by atomic mass is 16.5. The van der Waals surface area contributed by atoms with Crippen LogP contribution in [0.25, 0.3) is 0 Å². The van der Waals surface area contributed by atoms with Crippen LogP contribution in [0.4, 0.5) is 5.69 Å². The SMILES string of the molecule is COCCn1cc(NC(=O)C(C)C(N)c2ccccc2)cn1. The number of amides is 1. The second kappa shape index (κ2) is 7.72. The number of benzene rings is 1. The van der Waals surface area contributed by atoms with Crippen molar-refractivity contribution in [3.63, 3.8) is 0 Å². The lowest BCUT2D eigenvalue weighted by Gasteiger charge is -2.19. The zero-order valence-electron chi connectivity index (χ0n) is 12.9. The largest absolute Gasteiger partial charge is 0.383 e. The van der Waals surface area contributed by atoms with Crippen molar-refractivity contribution in [3.05, 3.63) is 48.3 Å². The second-order valence-electron chi connectivity index (χ2n) is 5.20. The van der Waals surface area contributed by atoms with E-state index in [1.54, 1.807) is 24.2 Å². The predicted molar refractivity (Wildman–Crippen MR) is 85.3 cm³/mol. The van der Waals surface area contributed by atoms with Crippen molar-refractivity contribution in [1.29, 1.82) is 0 Å². The summed E-state index contributed by atoms with van der Waals surface area (Å²) in [6.07, 6.45) is 3.39. The first-order chi connectivity index (χ1) is 10.6. The van der Waals surface area contributed by atoms with Crippen LogP contribution in [-0.4, -0.2) is 29.4 Å². The summed E-state index contributed by atoms with van der Waals surface area (Å²) in [7, 11) is 1.64. The van der Waals surface area contributed by atoms with Crippen LogP contribution in [-0.2, 0) is 16.1 Å². The summed E-state index contributed by atoms with van der Waals surface area (Å²) >= 11 is 0. The van der Waals surface area contributed by atoms with Gasteiger partial charge in [0.25, 0.3) is 0 Å². The third-order valence-electron chi connectivity index (χ3n) is 3.56. The van der Waals surface area contributed by atoms with Gasteiger partial charge in [-0.25, -0.2) is 0 Å². The molecule has 0 aliphatic heterocycles. The Morgan fingerprint density at radius 3 is 2.82 bits per heavy atom. The first kappa shape index (κ1) is 16.2. The molecule has 0 spiro atoms. The molecule has 2 atom stereocenters. The van der Waals surface area contributed by atoms with Crippen molar-refractivity contribution in [2.75, 3.05) is 19.0 Å². The molecule has 1 aromatic heterocycles. The summed E-state index contributed by atoms with van der Waals surface area (Å²) in [5.74, 6) is -0.465. The molecule has 0 bridgehead atoms. The van der Waals surface area contributed by atoms with Gasteiger partial charge < -0.3 is 15.8 Å². The molecular weight excluding hydrogens is 280 g/mol. The molecule has 0 aliphatic carbocycles. The molecule has 6 nitrogen and oxygen atoms in total. The summed E-state index contributed by atoms with van der Waals surface area (Å²) in [6, 6.07) is 9.27. The van der Waals surface area contributed by atoms with Crippen LogP contribution < -0.4 is 11.1 Å². The summed E-state index contributed by atoms with van der Waals surface area (Å²) in [6.45, 7) is 3.04. The quantitative estimate of drug-likeness (QED) is 0.817. The minimum absolute atomic E-state index is 0.123. The third-order valence-corrected chi connectivity index (χ3v) is 3.56. The molecule has 2 rings (SSSR count). The number of nitrogens with one attached hydrogen (secondary N) is 1. The van der Waals surface area contributed by atoms with E-state index in [1.165, 1.54) is 0 Å². The second-order valence-corrected chi connectivity index (χ2v) is 5.20. The first-order valence-corrected chi connectivity index (χ1v) is 7.24. The van der Waals surface area contributed by atoms with Crippen molar-refractivity contribution in [2.24, 2.45) is 11.7 Å². The highest BCUT2D eigenvalue weighted by molar-refractivity contribution is 5.92. The van der Waals surface area contributed by atoms with E-state index in [9.17, 15) is 4.79 Å². The van der Waals surface area contributed by atoms with E-state index in [-0.39, 0.29) is 17.9 Å². The first-order valence-electron chi connectivity index (χ1n) is 7.24. The van der Waals surface area contributed by atoms with E-state index in [2.05, 4.69) is 10.4 Å². The fraction of sp³-hybridized carbons (Fsp3) is 0.375. The Balaban J connectivity index is 1.95. The Bertz CT molecular complexity index is 597. The Hall–Kier alpha value is -2.18. The number of carbonyl (C=O) groups is 1. The van der Waals surface area contributed by atoms with Gasteiger partial charge in [0, 0.05) is 19.3 Å². The van der Waals surface area contributed by atoms with Gasteiger partial charge in [-0.1, -0.05) is 37.3 Å². The monoisotopic (exact) mass is 302 g/mol. The van der Waals surface area contributed by atoms with Crippen LogP contribution in [0.3, 0.4) is 0 Å². The van der Waals surface area contributed by atoms with Gasteiger partial charge in [0.1, 0.15) is 0 Å². The fourth-order valence-corrected chi connectivity index (χ4v) is 2.12. The number of hydrogen-bond acceptors (Lipinski definition) is 4. The lowest BCUT2D eigenvalue weighted by Crippen LogP contribution is -2.30. The van der Waals surface area contributed by atoms with Gasteiger partial charge in [-0.15, -0.1) is 0 Å². The zero-order chi connectivity index (χ0) is 15.9. The molecule has 1 heterocycles. The number of nitrogens with two attached hydrogens (primary N) is 1. The number of carbonyl (C=O) groups excluding carboxylic acids is 1. The lowest BCUT2D eigenvalue weighted by atomic mass is 9.95. The minimum atomic E-state index is -0.343. The van der Waals surface area contributed by atoms with Crippen LogP contribution in [0, 0.1) is 5.92 Å². The Kier molecular flexibility index (Phi) is 5.68. The van der Waals surface area contributed by atoms with Crippen LogP contribution in [0.2, 0.25) is 0 Å². The van der Waals surface area contributed by atoms with Crippen molar-refractivity contribution in [2.45, 2.75) is 19.5 Å². The molecule has 3 N–H and O–H groups in total. The molecule has 0 aliphatic rings. The molecule has 6 heteroatoms. The average molecular weight is 302 g/mol. The van der Waals surface area contributed by atoms with E-state index >= 15 is 0 Å². The smallest absolute Gasteiger partial charge is 0.229 e. The van der Waals surface area contributed by atoms with Gasteiger partial charge in [-0.05, 0) is 5.56 Å². The van der Waals surface area contributed by atoms with Crippen LogP contribution in [0.5, 0.6) is 0 Å². The predicted octanol–water partition coefficient (Wildman–Crippen LogP) is 1.80. The normalized spacial score (nSPS) is 13.6. The van der Waals surface area contributed by atoms with Gasteiger partial charge in [-0.2, -0.15) is 5.10 Å². The van der Waals surface area contributed by atoms with Crippen molar-refractivity contribution in [1.82, 2.24) is 9.78 Å². The Morgan fingerprint density at radius 2 is 2.14 bits per heavy atom. The molecular formula is C16H22N4O2. The molecule has 2 aromatic rings. The standard InChI is InChI=1S/C16H22N4O2/c1-12(15(17)13-6-4-3-5-7-13)16(21)19-14-10-18-20(11-14)8-9-22-2/h3-7,10-12,15H,8-9,17H2,1-2H3,(H,19,21).